The number of carbonyl (C=O) groups excluding carboxylic acids is 2. The molecule has 0 saturated carbocycles. The van der Waals surface area contributed by atoms with Crippen molar-refractivity contribution in [2.75, 3.05) is 18.4 Å². The summed E-state index contributed by atoms with van der Waals surface area (Å²) in [4.78, 5) is 32.5. The highest BCUT2D eigenvalue weighted by Crippen LogP contribution is 2.32. The summed E-state index contributed by atoms with van der Waals surface area (Å²) in [6.07, 6.45) is 2.92. The summed E-state index contributed by atoms with van der Waals surface area (Å²) in [5.41, 5.74) is 4.00. The minimum atomic E-state index is -0.618. The number of benzene rings is 2. The van der Waals surface area contributed by atoms with E-state index in [1.54, 1.807) is 41.3 Å². The molecule has 2 aromatic carbocycles. The Hall–Kier alpha value is -2.45. The van der Waals surface area contributed by atoms with E-state index in [2.05, 4.69) is 16.1 Å². The zero-order valence-electron chi connectivity index (χ0n) is 17.0. The molecule has 0 unspecified atom stereocenters. The molecule has 0 bridgehead atoms. The molecular formula is C22H21Cl3N4O3. The fourth-order valence-corrected chi connectivity index (χ4v) is 4.01. The van der Waals surface area contributed by atoms with Gasteiger partial charge in [0.1, 0.15) is 11.3 Å². The van der Waals surface area contributed by atoms with Crippen molar-refractivity contribution >= 4 is 52.4 Å². The number of piperidine rings is 1. The van der Waals surface area contributed by atoms with Crippen molar-refractivity contribution in [1.29, 1.82) is 0 Å². The van der Waals surface area contributed by atoms with Gasteiger partial charge in [-0.1, -0.05) is 46.9 Å². The molecule has 3 N–H and O–H groups in total. The first-order valence-electron chi connectivity index (χ1n) is 10.0. The largest absolute Gasteiger partial charge is 0.347 e. The van der Waals surface area contributed by atoms with Gasteiger partial charge in [-0.25, -0.2) is 4.79 Å². The molecule has 1 fully saturated rings. The van der Waals surface area contributed by atoms with Crippen molar-refractivity contribution in [1.82, 2.24) is 15.7 Å². The van der Waals surface area contributed by atoms with E-state index in [1.165, 1.54) is 0 Å². The van der Waals surface area contributed by atoms with Crippen LogP contribution in [0.3, 0.4) is 0 Å². The summed E-state index contributed by atoms with van der Waals surface area (Å²) in [6, 6.07) is 12.0. The number of hydrogen-bond donors (Lipinski definition) is 3. The molecule has 0 radical (unpaired) electrons. The highest BCUT2D eigenvalue weighted by molar-refractivity contribution is 6.42. The third kappa shape index (κ3) is 5.30. The average Bonchev–Trinajstić information content (AvgIpc) is 3.19. The molecule has 1 saturated heterocycles. The van der Waals surface area contributed by atoms with Crippen LogP contribution >= 0.6 is 34.8 Å². The molecule has 4 rings (SSSR count). The minimum Gasteiger partial charge on any atom is -0.347 e. The van der Waals surface area contributed by atoms with Gasteiger partial charge in [0.15, 0.2) is 0 Å². The maximum absolute atomic E-state index is 12.6. The summed E-state index contributed by atoms with van der Waals surface area (Å²) < 4.78 is 0. The quantitative estimate of drug-likeness (QED) is 0.572. The van der Waals surface area contributed by atoms with Crippen LogP contribution in [-0.2, 0) is 16.2 Å². The topological polar surface area (TPSA) is 82.7 Å². The van der Waals surface area contributed by atoms with E-state index >= 15 is 0 Å². The Morgan fingerprint density at radius 1 is 1.03 bits per heavy atom. The maximum atomic E-state index is 12.6. The standard InChI is InChI=1S/C22H21Cl3N4O3/c23-15-3-1-14(2-4-15)13-26-20(30)19-12-22(32-28-19)7-9-29(10-8-22)21(31)27-16-5-6-17(24)18(25)11-16/h1-6,11-12,28H,7-10,13H2,(H,26,30)(H,27,31). The number of likely N-dealkylation sites (tertiary alicyclic amines) is 1. The van der Waals surface area contributed by atoms with Gasteiger partial charge in [0.05, 0.1) is 10.0 Å². The minimum absolute atomic E-state index is 0.228. The van der Waals surface area contributed by atoms with Crippen molar-refractivity contribution in [2.45, 2.75) is 25.0 Å². The van der Waals surface area contributed by atoms with Crippen LogP contribution in [0.2, 0.25) is 15.1 Å². The summed E-state index contributed by atoms with van der Waals surface area (Å²) in [5, 5.41) is 7.13. The number of urea groups is 1. The molecule has 1 spiro atoms. The van der Waals surface area contributed by atoms with Crippen LogP contribution in [0.25, 0.3) is 0 Å². The zero-order chi connectivity index (χ0) is 22.7. The Morgan fingerprint density at radius 2 is 1.75 bits per heavy atom. The normalized spacial score (nSPS) is 17.0. The van der Waals surface area contributed by atoms with E-state index in [-0.39, 0.29) is 11.9 Å². The van der Waals surface area contributed by atoms with Gasteiger partial charge in [-0.05, 0) is 42.0 Å². The van der Waals surface area contributed by atoms with Crippen LogP contribution < -0.4 is 16.1 Å². The van der Waals surface area contributed by atoms with Crippen LogP contribution in [0, 0.1) is 0 Å². The Bertz CT molecular complexity index is 1050. The number of amides is 3. The smallest absolute Gasteiger partial charge is 0.321 e. The second-order valence-corrected chi connectivity index (χ2v) is 8.93. The van der Waals surface area contributed by atoms with Crippen molar-refractivity contribution in [3.63, 3.8) is 0 Å². The van der Waals surface area contributed by atoms with E-state index in [4.69, 9.17) is 39.6 Å². The highest BCUT2D eigenvalue weighted by atomic mass is 35.5. The van der Waals surface area contributed by atoms with Crippen molar-refractivity contribution in [3.8, 4) is 0 Å². The number of hydrogen-bond acceptors (Lipinski definition) is 4. The van der Waals surface area contributed by atoms with E-state index in [0.717, 1.165) is 5.56 Å². The number of halogens is 3. The fraction of sp³-hybridized carbons (Fsp3) is 0.273. The highest BCUT2D eigenvalue weighted by Gasteiger charge is 2.41. The summed E-state index contributed by atoms with van der Waals surface area (Å²) in [5.74, 6) is -0.253. The van der Waals surface area contributed by atoms with E-state index in [1.807, 2.05) is 12.1 Å². The number of hydroxylamine groups is 1. The van der Waals surface area contributed by atoms with E-state index in [9.17, 15) is 9.59 Å². The lowest BCUT2D eigenvalue weighted by atomic mass is 9.91. The zero-order valence-corrected chi connectivity index (χ0v) is 19.2. The second-order valence-electron chi connectivity index (χ2n) is 7.68. The first-order chi connectivity index (χ1) is 15.3. The van der Waals surface area contributed by atoms with Gasteiger partial charge in [0.25, 0.3) is 5.91 Å². The molecule has 7 nitrogen and oxygen atoms in total. The Kier molecular flexibility index (Phi) is 6.81. The van der Waals surface area contributed by atoms with E-state index in [0.29, 0.717) is 58.9 Å². The molecule has 2 aliphatic heterocycles. The lowest BCUT2D eigenvalue weighted by molar-refractivity contribution is -0.120. The first kappa shape index (κ1) is 22.7. The Balaban J connectivity index is 1.29. The average molecular weight is 496 g/mol. The van der Waals surface area contributed by atoms with Gasteiger partial charge in [-0.2, -0.15) is 0 Å². The molecule has 168 valence electrons. The van der Waals surface area contributed by atoms with Gasteiger partial charge < -0.3 is 15.5 Å². The molecule has 3 amide bonds. The molecule has 2 heterocycles. The van der Waals surface area contributed by atoms with Gasteiger partial charge in [-0.15, -0.1) is 0 Å². The molecule has 0 atom stereocenters. The lowest BCUT2D eigenvalue weighted by Crippen LogP contribution is -2.48. The van der Waals surface area contributed by atoms with Crippen molar-refractivity contribution in [3.05, 3.63) is 74.9 Å². The van der Waals surface area contributed by atoms with Gasteiger partial charge in [0.2, 0.25) is 0 Å². The number of nitrogens with zero attached hydrogens (tertiary/aromatic N) is 1. The van der Waals surface area contributed by atoms with Gasteiger partial charge >= 0.3 is 6.03 Å². The van der Waals surface area contributed by atoms with Crippen LogP contribution in [0.1, 0.15) is 18.4 Å². The molecule has 2 aromatic rings. The molecule has 2 aliphatic rings. The fourth-order valence-electron chi connectivity index (χ4n) is 3.58. The number of anilines is 1. The number of rotatable bonds is 4. The second kappa shape index (κ2) is 9.58. The Morgan fingerprint density at radius 3 is 2.44 bits per heavy atom. The van der Waals surface area contributed by atoms with Crippen LogP contribution in [0.4, 0.5) is 10.5 Å². The van der Waals surface area contributed by atoms with Crippen LogP contribution in [0.5, 0.6) is 0 Å². The van der Waals surface area contributed by atoms with Crippen LogP contribution in [-0.4, -0.2) is 35.5 Å². The third-order valence-corrected chi connectivity index (χ3v) is 6.44. The predicted octanol–water partition coefficient (Wildman–Crippen LogP) is 4.75. The van der Waals surface area contributed by atoms with Crippen molar-refractivity contribution in [2.24, 2.45) is 0 Å². The van der Waals surface area contributed by atoms with E-state index < -0.39 is 5.60 Å². The Labute approximate surface area is 200 Å². The molecular weight excluding hydrogens is 475 g/mol. The molecule has 32 heavy (non-hydrogen) atoms. The van der Waals surface area contributed by atoms with Gasteiger partial charge in [-0.3, -0.25) is 15.1 Å². The molecule has 10 heteroatoms. The van der Waals surface area contributed by atoms with Crippen molar-refractivity contribution < 1.29 is 14.4 Å². The number of nitrogens with one attached hydrogen (secondary N) is 3. The van der Waals surface area contributed by atoms with Gasteiger partial charge in [0, 0.05) is 43.2 Å². The summed E-state index contributed by atoms with van der Waals surface area (Å²) in [6.45, 7) is 1.33. The summed E-state index contributed by atoms with van der Waals surface area (Å²) >= 11 is 17.8. The third-order valence-electron chi connectivity index (χ3n) is 5.45. The molecule has 0 aromatic heterocycles. The number of carbonyl (C=O) groups is 2. The summed E-state index contributed by atoms with van der Waals surface area (Å²) in [7, 11) is 0. The predicted molar refractivity (Wildman–Crippen MR) is 125 cm³/mol. The lowest BCUT2D eigenvalue weighted by Gasteiger charge is -2.36. The maximum Gasteiger partial charge on any atom is 0.321 e. The molecule has 0 aliphatic carbocycles. The monoisotopic (exact) mass is 494 g/mol. The first-order valence-corrected chi connectivity index (χ1v) is 11.2. The van der Waals surface area contributed by atoms with Crippen LogP contribution in [0.15, 0.2) is 54.2 Å². The SMILES string of the molecule is O=C(NCc1ccc(Cl)cc1)C1=CC2(CCN(C(=O)Nc3ccc(Cl)c(Cl)c3)CC2)ON1.